The molecule has 0 spiro atoms. The first-order valence-corrected chi connectivity index (χ1v) is 8.20. The van der Waals surface area contributed by atoms with Crippen LogP contribution in [0.15, 0.2) is 0 Å². The summed E-state index contributed by atoms with van der Waals surface area (Å²) in [5.41, 5.74) is 4.79. The molecule has 1 nitrogen and oxygen atoms in total. The van der Waals surface area contributed by atoms with Gasteiger partial charge < -0.3 is 53.7 Å². The lowest BCUT2D eigenvalue weighted by molar-refractivity contribution is -0.505. The lowest BCUT2D eigenvalue weighted by Gasteiger charge is -2.33. The highest BCUT2D eigenvalue weighted by Gasteiger charge is 2.36. The van der Waals surface area contributed by atoms with E-state index >= 15 is 0 Å². The van der Waals surface area contributed by atoms with E-state index in [0.717, 1.165) is 0 Å². The Bertz CT molecular complexity index is 167. The molecule has 0 rings (SSSR count). The first-order chi connectivity index (χ1) is 7.45. The fraction of sp³-hybridized carbons (Fsp3) is 1.00. The van der Waals surface area contributed by atoms with Gasteiger partial charge in [-0.25, -0.2) is 0 Å². The van der Waals surface area contributed by atoms with E-state index in [1.165, 1.54) is 37.2 Å². The molecule has 0 bridgehead atoms. The molecule has 0 saturated heterocycles. The van der Waals surface area contributed by atoms with Gasteiger partial charge in [-0.05, 0) is 31.0 Å². The van der Waals surface area contributed by atoms with Gasteiger partial charge in [0, 0.05) is 18.3 Å². The molecule has 0 aromatic heterocycles. The molecule has 0 amide bonds. The number of hydrogen-bond acceptors (Lipinski definition) is 0. The normalized spacial score (nSPS) is 11.3. The van der Waals surface area contributed by atoms with Crippen molar-refractivity contribution in [3.05, 3.63) is 0 Å². The van der Waals surface area contributed by atoms with Gasteiger partial charge in [-0.3, -0.25) is 0 Å². The first-order valence-electron chi connectivity index (χ1n) is 6.93. The number of halogens is 2. The zero-order valence-corrected chi connectivity index (χ0v) is 18.0. The maximum atomic E-state index is 4.50. The summed E-state index contributed by atoms with van der Waals surface area (Å²) in [5, 5.41) is 0. The minimum absolute atomic E-state index is 0. The van der Waals surface area contributed by atoms with Gasteiger partial charge in [-0.1, -0.05) is 34.6 Å². The van der Waals surface area contributed by atoms with Crippen molar-refractivity contribution in [2.24, 2.45) is 11.8 Å². The second kappa shape index (κ2) is 13.7. The number of hydrogen-bond donors (Lipinski definition) is 1. The number of rotatable bonds is 9. The van der Waals surface area contributed by atoms with Crippen LogP contribution in [-0.4, -0.2) is 17.0 Å². The Hall–Kier alpha value is 1.77. The largest absolute Gasteiger partial charge is 1.00 e. The molecule has 0 aliphatic heterocycles. The summed E-state index contributed by atoms with van der Waals surface area (Å²) in [6.07, 6.45) is 5.37. The molecule has 0 saturated carbocycles. The average Bonchev–Trinajstić information content (AvgIpc) is 2.22. The molecule has 0 aromatic rings. The van der Waals surface area contributed by atoms with Crippen LogP contribution in [0.2, 0.25) is 0 Å². The second-order valence-corrected chi connectivity index (χ2v) is 7.01. The zero-order valence-electron chi connectivity index (χ0n) is 12.8. The van der Waals surface area contributed by atoms with Gasteiger partial charge in [0.15, 0.2) is 0 Å². The molecular formula is C14H33I2NS. The van der Waals surface area contributed by atoms with Gasteiger partial charge in [0.1, 0.15) is 11.5 Å². The molecular weight excluding hydrogens is 468 g/mol. The van der Waals surface area contributed by atoms with E-state index in [4.69, 9.17) is 0 Å². The number of unbranched alkanes of at least 4 members (excludes halogenated alkanes) is 1. The molecule has 0 aromatic carbocycles. The van der Waals surface area contributed by atoms with Crippen LogP contribution in [0.4, 0.5) is 0 Å². The molecule has 0 atom stereocenters. The van der Waals surface area contributed by atoms with Crippen molar-refractivity contribution in [1.29, 1.82) is 0 Å². The Morgan fingerprint density at radius 1 is 0.944 bits per heavy atom. The van der Waals surface area contributed by atoms with Crippen LogP contribution in [0.3, 0.4) is 0 Å². The van der Waals surface area contributed by atoms with Crippen molar-refractivity contribution in [1.82, 2.24) is 0 Å². The van der Waals surface area contributed by atoms with Crippen molar-refractivity contribution in [3.63, 3.8) is 0 Å². The molecule has 0 heterocycles. The maximum Gasteiger partial charge on any atom is 0.105 e. The van der Waals surface area contributed by atoms with Crippen molar-refractivity contribution >= 4 is 11.8 Å². The fourth-order valence-corrected chi connectivity index (χ4v) is 3.18. The Morgan fingerprint density at radius 2 is 1.44 bits per heavy atom. The quantitative estimate of drug-likeness (QED) is 0.148. The third-order valence-electron chi connectivity index (χ3n) is 3.89. The summed E-state index contributed by atoms with van der Waals surface area (Å²) in [7, 11) is 0. The van der Waals surface area contributed by atoms with Crippen LogP contribution in [0, 0.1) is 11.8 Å². The summed E-state index contributed by atoms with van der Waals surface area (Å²) in [6.45, 7) is 11.6. The van der Waals surface area contributed by atoms with Gasteiger partial charge in [-0.2, -0.15) is 0 Å². The zero-order chi connectivity index (χ0) is 12.6. The standard InChI is InChI=1S/C14H31NS.2HI/c1-6-10-16-11-8-7-9-14(15,12(2)3)13(4)5;;/h12-13H,6-11,15H2,1-5H3;2*1H. The van der Waals surface area contributed by atoms with Crippen molar-refractivity contribution in [2.45, 2.75) is 65.8 Å². The van der Waals surface area contributed by atoms with Crippen LogP contribution >= 0.6 is 0 Å². The van der Waals surface area contributed by atoms with Gasteiger partial charge in [-0.15, -0.1) is 0 Å². The highest BCUT2D eigenvalue weighted by Crippen LogP contribution is 2.26. The molecule has 0 aliphatic carbocycles. The van der Waals surface area contributed by atoms with Crippen molar-refractivity contribution in [3.8, 4) is 0 Å². The average molecular weight is 501 g/mol. The predicted molar refractivity (Wildman–Crippen MR) is 77.9 cm³/mol. The lowest BCUT2D eigenvalue weighted by atomic mass is 9.74. The SMILES string of the molecule is CCC[SH+]CCCCC([NH3+])(C(C)C)C(C)C.[I-].[I-]. The summed E-state index contributed by atoms with van der Waals surface area (Å²) < 4.78 is 0. The van der Waals surface area contributed by atoms with Crippen LogP contribution in [0.1, 0.15) is 60.3 Å². The Morgan fingerprint density at radius 3 is 1.83 bits per heavy atom. The van der Waals surface area contributed by atoms with E-state index in [1.54, 1.807) is 11.8 Å². The van der Waals surface area contributed by atoms with Crippen molar-refractivity contribution < 1.29 is 53.7 Å². The van der Waals surface area contributed by atoms with Crippen LogP contribution < -0.4 is 53.7 Å². The summed E-state index contributed by atoms with van der Waals surface area (Å²) in [6, 6.07) is 0. The third kappa shape index (κ3) is 9.64. The van der Waals surface area contributed by atoms with E-state index in [-0.39, 0.29) is 48.0 Å². The number of thiol groups is 1. The topological polar surface area (TPSA) is 27.6 Å². The predicted octanol–water partition coefficient (Wildman–Crippen LogP) is -3.32. The van der Waals surface area contributed by atoms with Crippen molar-refractivity contribution in [2.75, 3.05) is 11.5 Å². The Kier molecular flexibility index (Phi) is 18.9. The minimum atomic E-state index is 0. The van der Waals surface area contributed by atoms with Gasteiger partial charge in [0.25, 0.3) is 0 Å². The van der Waals surface area contributed by atoms with E-state index in [1.807, 2.05) is 0 Å². The molecule has 0 unspecified atom stereocenters. The Labute approximate surface area is 153 Å². The molecule has 0 fully saturated rings. The monoisotopic (exact) mass is 501 g/mol. The maximum absolute atomic E-state index is 4.50. The molecule has 4 heteroatoms. The molecule has 0 aliphatic rings. The van der Waals surface area contributed by atoms with Gasteiger partial charge in [0.05, 0.1) is 5.54 Å². The fourth-order valence-electron chi connectivity index (χ4n) is 2.19. The number of quaternary nitrogens is 1. The van der Waals surface area contributed by atoms with Gasteiger partial charge >= 0.3 is 0 Å². The Balaban J connectivity index is -0.00000112. The third-order valence-corrected chi connectivity index (χ3v) is 5.29. The molecule has 114 valence electrons. The summed E-state index contributed by atoms with van der Waals surface area (Å²) >= 11 is 1.65. The molecule has 3 N–H and O–H groups in total. The minimum Gasteiger partial charge on any atom is -1.00 e. The molecule has 0 radical (unpaired) electrons. The molecule has 18 heavy (non-hydrogen) atoms. The lowest BCUT2D eigenvalue weighted by Crippen LogP contribution is -3.00. The second-order valence-electron chi connectivity index (χ2n) is 5.67. The smallest absolute Gasteiger partial charge is 0.105 e. The summed E-state index contributed by atoms with van der Waals surface area (Å²) in [4.78, 5) is 0. The highest BCUT2D eigenvalue weighted by molar-refractivity contribution is 7.78. The summed E-state index contributed by atoms with van der Waals surface area (Å²) in [5.74, 6) is 4.16. The van der Waals surface area contributed by atoms with E-state index in [9.17, 15) is 0 Å². The van der Waals surface area contributed by atoms with E-state index in [0.29, 0.717) is 17.4 Å². The van der Waals surface area contributed by atoms with Crippen LogP contribution in [0.25, 0.3) is 0 Å². The van der Waals surface area contributed by atoms with E-state index < -0.39 is 0 Å². The van der Waals surface area contributed by atoms with Gasteiger partial charge in [0.2, 0.25) is 0 Å². The highest BCUT2D eigenvalue weighted by atomic mass is 127. The first kappa shape index (κ1) is 24.8. The van der Waals surface area contributed by atoms with E-state index in [2.05, 4.69) is 40.4 Å². The van der Waals surface area contributed by atoms with Crippen LogP contribution in [-0.2, 0) is 11.8 Å². The van der Waals surface area contributed by atoms with Crippen LogP contribution in [0.5, 0.6) is 0 Å².